The van der Waals surface area contributed by atoms with Crippen molar-refractivity contribution in [2.45, 2.75) is 96.6 Å². The van der Waals surface area contributed by atoms with Crippen LogP contribution in [0, 0.1) is 23.1 Å². The van der Waals surface area contributed by atoms with Gasteiger partial charge in [0.1, 0.15) is 5.82 Å². The second kappa shape index (κ2) is 12.7. The Kier molecular flexibility index (Phi) is 9.21. The number of ether oxygens (including phenoxy) is 1. The number of esters is 1. The Balaban J connectivity index is 1.41. The number of likely N-dealkylation sites (tertiary alicyclic amines) is 1. The number of amides is 1. The molecule has 0 radical (unpaired) electrons. The molecule has 1 amide bonds. The number of halogens is 1. The van der Waals surface area contributed by atoms with Gasteiger partial charge in [0.25, 0.3) is 5.56 Å². The van der Waals surface area contributed by atoms with Gasteiger partial charge in [-0.15, -0.1) is 0 Å². The minimum absolute atomic E-state index is 0.00452. The summed E-state index contributed by atoms with van der Waals surface area (Å²) in [4.78, 5) is 42.0. The van der Waals surface area contributed by atoms with Crippen molar-refractivity contribution in [2.24, 2.45) is 17.3 Å². The van der Waals surface area contributed by atoms with E-state index in [9.17, 15) is 23.9 Å². The van der Waals surface area contributed by atoms with E-state index in [0.717, 1.165) is 32.1 Å². The molecule has 42 heavy (non-hydrogen) atoms. The molecule has 2 aliphatic carbocycles. The van der Waals surface area contributed by atoms with Crippen molar-refractivity contribution in [2.75, 3.05) is 19.7 Å². The molecule has 1 spiro atoms. The van der Waals surface area contributed by atoms with E-state index in [2.05, 4.69) is 0 Å². The number of piperidine rings is 1. The number of aliphatic hydroxyl groups is 1. The number of benzene rings is 1. The molecular weight excluding hydrogens is 535 g/mol. The topological polar surface area (TPSA) is 88.8 Å². The van der Waals surface area contributed by atoms with Crippen LogP contribution < -0.4 is 5.56 Å². The van der Waals surface area contributed by atoms with Crippen molar-refractivity contribution in [3.63, 3.8) is 0 Å². The minimum atomic E-state index is -1.23. The third-order valence-corrected chi connectivity index (χ3v) is 10.2. The molecule has 2 heterocycles. The van der Waals surface area contributed by atoms with Gasteiger partial charge in [0.2, 0.25) is 5.91 Å². The van der Waals surface area contributed by atoms with Crippen LogP contribution in [0.1, 0.15) is 94.8 Å². The summed E-state index contributed by atoms with van der Waals surface area (Å²) in [6, 6.07) is 7.28. The number of aromatic nitrogens is 1. The zero-order chi connectivity index (χ0) is 29.9. The minimum Gasteiger partial charge on any atom is -0.462 e. The summed E-state index contributed by atoms with van der Waals surface area (Å²) in [6.45, 7) is 4.77. The highest BCUT2D eigenvalue weighted by molar-refractivity contribution is 5.97. The van der Waals surface area contributed by atoms with Crippen LogP contribution in [0.4, 0.5) is 4.39 Å². The predicted molar refractivity (Wildman–Crippen MR) is 159 cm³/mol. The zero-order valence-electron chi connectivity index (χ0n) is 25.1. The summed E-state index contributed by atoms with van der Waals surface area (Å²) in [5.41, 5.74) is -1.80. The summed E-state index contributed by atoms with van der Waals surface area (Å²) in [7, 11) is 0. The second-order valence-corrected chi connectivity index (χ2v) is 12.9. The Bertz CT molecular complexity index is 1340. The van der Waals surface area contributed by atoms with Crippen LogP contribution in [0.5, 0.6) is 0 Å². The molecule has 8 heteroatoms. The molecule has 2 saturated carbocycles. The Labute approximate surface area is 248 Å². The van der Waals surface area contributed by atoms with Crippen molar-refractivity contribution in [3.05, 3.63) is 58.3 Å². The monoisotopic (exact) mass is 580 g/mol. The third-order valence-electron chi connectivity index (χ3n) is 10.2. The van der Waals surface area contributed by atoms with Crippen LogP contribution in [0.15, 0.2) is 41.3 Å². The van der Waals surface area contributed by atoms with E-state index in [1.807, 2.05) is 11.8 Å². The largest absolute Gasteiger partial charge is 0.462 e. The predicted octanol–water partition coefficient (Wildman–Crippen LogP) is 5.96. The van der Waals surface area contributed by atoms with Gasteiger partial charge < -0.3 is 19.3 Å². The molecule has 2 atom stereocenters. The number of pyridine rings is 1. The van der Waals surface area contributed by atoms with E-state index in [4.69, 9.17) is 4.74 Å². The van der Waals surface area contributed by atoms with Gasteiger partial charge in [-0.05, 0) is 44.6 Å². The van der Waals surface area contributed by atoms with Gasteiger partial charge in [0, 0.05) is 47.8 Å². The van der Waals surface area contributed by atoms with Crippen LogP contribution in [0.3, 0.4) is 0 Å². The highest BCUT2D eigenvalue weighted by Gasteiger charge is 2.55. The first-order valence-electron chi connectivity index (χ1n) is 15.8. The van der Waals surface area contributed by atoms with E-state index in [1.54, 1.807) is 19.1 Å². The Morgan fingerprint density at radius 3 is 2.48 bits per heavy atom. The molecule has 0 bridgehead atoms. The zero-order valence-corrected chi connectivity index (χ0v) is 25.1. The van der Waals surface area contributed by atoms with Gasteiger partial charge in [-0.1, -0.05) is 70.1 Å². The van der Waals surface area contributed by atoms with Crippen molar-refractivity contribution < 1.29 is 23.8 Å². The fraction of sp³-hybridized carbons (Fsp3) is 0.618. The number of rotatable bonds is 8. The lowest BCUT2D eigenvalue weighted by Gasteiger charge is -2.53. The highest BCUT2D eigenvalue weighted by Crippen LogP contribution is 2.52. The molecule has 1 saturated heterocycles. The first kappa shape index (κ1) is 30.5. The van der Waals surface area contributed by atoms with Gasteiger partial charge >= 0.3 is 5.97 Å². The summed E-state index contributed by atoms with van der Waals surface area (Å²) < 4.78 is 21.4. The van der Waals surface area contributed by atoms with Crippen molar-refractivity contribution in [1.29, 1.82) is 0 Å². The van der Waals surface area contributed by atoms with Gasteiger partial charge in [-0.25, -0.2) is 9.18 Å². The molecular formula is C34H45FN2O5. The lowest BCUT2D eigenvalue weighted by Crippen LogP contribution is -2.62. The summed E-state index contributed by atoms with van der Waals surface area (Å²) in [5.74, 6) is -0.450. The lowest BCUT2D eigenvalue weighted by molar-refractivity contribution is -0.163. The Hall–Kier alpha value is -3.00. The maximum atomic E-state index is 14.7. The third kappa shape index (κ3) is 6.05. The van der Waals surface area contributed by atoms with Crippen LogP contribution in [0.2, 0.25) is 0 Å². The van der Waals surface area contributed by atoms with Gasteiger partial charge in [-0.2, -0.15) is 0 Å². The molecule has 3 aliphatic rings. The normalized spacial score (nSPS) is 23.2. The quantitative estimate of drug-likeness (QED) is 0.389. The van der Waals surface area contributed by atoms with Crippen LogP contribution >= 0.6 is 0 Å². The molecule has 1 N–H and O–H groups in total. The van der Waals surface area contributed by atoms with E-state index in [1.165, 1.54) is 61.1 Å². The molecule has 0 unspecified atom stereocenters. The molecule has 5 rings (SSSR count). The number of carbonyl (C=O) groups excluding carboxylic acids is 2. The maximum Gasteiger partial charge on any atom is 0.340 e. The van der Waals surface area contributed by atoms with E-state index in [-0.39, 0.29) is 41.7 Å². The number of carbonyl (C=O) groups is 2. The molecule has 2 aromatic rings. The van der Waals surface area contributed by atoms with Gasteiger partial charge in [0.05, 0.1) is 24.3 Å². The van der Waals surface area contributed by atoms with E-state index >= 15 is 0 Å². The fourth-order valence-electron chi connectivity index (χ4n) is 7.87. The summed E-state index contributed by atoms with van der Waals surface area (Å²) >= 11 is 0. The molecule has 1 aromatic heterocycles. The first-order chi connectivity index (χ1) is 20.2. The van der Waals surface area contributed by atoms with Gasteiger partial charge in [-0.3, -0.25) is 9.59 Å². The van der Waals surface area contributed by atoms with Crippen LogP contribution in [-0.2, 0) is 16.1 Å². The summed E-state index contributed by atoms with van der Waals surface area (Å²) in [6.07, 6.45) is 12.4. The van der Waals surface area contributed by atoms with E-state index < -0.39 is 28.4 Å². The number of hydrogen-bond donors (Lipinski definition) is 1. The first-order valence-corrected chi connectivity index (χ1v) is 15.8. The van der Waals surface area contributed by atoms with Crippen molar-refractivity contribution in [1.82, 2.24) is 9.47 Å². The molecule has 1 aromatic carbocycles. The smallest absolute Gasteiger partial charge is 0.340 e. The van der Waals surface area contributed by atoms with Crippen molar-refractivity contribution in [3.8, 4) is 11.1 Å². The average Bonchev–Trinajstić information content (AvgIpc) is 3.46. The van der Waals surface area contributed by atoms with E-state index in [0.29, 0.717) is 25.4 Å². The Morgan fingerprint density at radius 2 is 1.79 bits per heavy atom. The molecule has 1 aliphatic heterocycles. The van der Waals surface area contributed by atoms with Crippen LogP contribution in [0.25, 0.3) is 11.1 Å². The highest BCUT2D eigenvalue weighted by atomic mass is 19.1. The van der Waals surface area contributed by atoms with Crippen LogP contribution in [-0.4, -0.2) is 51.7 Å². The molecule has 7 nitrogen and oxygen atoms in total. The summed E-state index contributed by atoms with van der Waals surface area (Å²) in [5, 5.41) is 12.3. The standard InChI is InChI=1S/C34H45FN2O5/c1-3-42-32(40)28-21-37(30(38)20-27(28)26-13-7-8-14-29(26)35)23-34(41)17-18-36(22-33(34)15-9-10-16-33)31(39)24(2)19-25-11-5-4-6-12-25/h7-8,13-14,20-21,24-25,41H,3-6,9-12,15-19,22-23H2,1-2H3/t24-,34-/m1/s1. The second-order valence-electron chi connectivity index (χ2n) is 12.9. The fourth-order valence-corrected chi connectivity index (χ4v) is 7.87. The number of hydrogen-bond acceptors (Lipinski definition) is 5. The lowest BCUT2D eigenvalue weighted by atomic mass is 9.65. The molecule has 228 valence electrons. The maximum absolute atomic E-state index is 14.7. The Morgan fingerprint density at radius 1 is 1.07 bits per heavy atom. The SMILES string of the molecule is CCOC(=O)c1cn(C[C@]2(O)CCN(C(=O)[C@H](C)CC3CCCCC3)CC23CCCC3)c(=O)cc1-c1ccccc1F. The average molecular weight is 581 g/mol. The van der Waals surface area contributed by atoms with Gasteiger partial charge in [0.15, 0.2) is 0 Å². The molecule has 3 fully saturated rings. The number of nitrogens with zero attached hydrogens (tertiary/aromatic N) is 2. The van der Waals surface area contributed by atoms with Crippen molar-refractivity contribution >= 4 is 11.9 Å².